The Bertz CT molecular complexity index is 1130. The minimum atomic E-state index is -0.497. The van der Waals surface area contributed by atoms with Crippen LogP contribution in [-0.2, 0) is 0 Å². The van der Waals surface area contributed by atoms with Gasteiger partial charge in [-0.3, -0.25) is 10.1 Å². The molecule has 4 rings (SSSR count). The molecule has 1 saturated heterocycles. The second kappa shape index (κ2) is 9.11. The summed E-state index contributed by atoms with van der Waals surface area (Å²) in [7, 11) is 0. The minimum Gasteiger partial charge on any atom is -0.324 e. The maximum atomic E-state index is 14.0. The average Bonchev–Trinajstić information content (AvgIpc) is 3.26. The molecule has 0 spiro atoms. The zero-order chi connectivity index (χ0) is 22.0. The van der Waals surface area contributed by atoms with E-state index in [2.05, 4.69) is 26.2 Å². The molecule has 10 heteroatoms. The molecule has 31 heavy (non-hydrogen) atoms. The van der Waals surface area contributed by atoms with Crippen LogP contribution in [0.25, 0.3) is 11.3 Å². The van der Waals surface area contributed by atoms with Crippen molar-refractivity contribution in [3.05, 3.63) is 73.3 Å². The van der Waals surface area contributed by atoms with Crippen LogP contribution in [0.3, 0.4) is 0 Å². The van der Waals surface area contributed by atoms with Crippen molar-refractivity contribution in [3.63, 3.8) is 0 Å². The molecule has 0 bridgehead atoms. The SMILES string of the molecule is O=C(Nc1ccc(Br)cc1F)N1CCC(c2nc(-c3ccccc3[N+](=O)[O-])cs2)CC1. The number of amides is 2. The highest BCUT2D eigenvalue weighted by molar-refractivity contribution is 9.10. The number of hydrogen-bond donors (Lipinski definition) is 1. The quantitative estimate of drug-likeness (QED) is 0.346. The first kappa shape index (κ1) is 21.4. The van der Waals surface area contributed by atoms with Gasteiger partial charge >= 0.3 is 6.03 Å². The summed E-state index contributed by atoms with van der Waals surface area (Å²) in [6, 6.07) is 10.7. The summed E-state index contributed by atoms with van der Waals surface area (Å²) < 4.78 is 14.6. The van der Waals surface area contributed by atoms with Gasteiger partial charge in [-0.15, -0.1) is 11.3 Å². The van der Waals surface area contributed by atoms with E-state index >= 15 is 0 Å². The molecule has 1 aliphatic heterocycles. The molecule has 1 aliphatic rings. The molecule has 1 aromatic heterocycles. The zero-order valence-corrected chi connectivity index (χ0v) is 18.7. The fourth-order valence-electron chi connectivity index (χ4n) is 3.56. The van der Waals surface area contributed by atoms with Gasteiger partial charge in [0, 0.05) is 34.9 Å². The van der Waals surface area contributed by atoms with E-state index in [0.29, 0.717) is 28.8 Å². The first-order valence-corrected chi connectivity index (χ1v) is 11.3. The van der Waals surface area contributed by atoms with Gasteiger partial charge in [-0.25, -0.2) is 14.2 Å². The number of hydrogen-bond acceptors (Lipinski definition) is 5. The average molecular weight is 505 g/mol. The Kier molecular flexibility index (Phi) is 6.28. The number of thiazole rings is 1. The summed E-state index contributed by atoms with van der Waals surface area (Å²) >= 11 is 4.67. The van der Waals surface area contributed by atoms with Gasteiger partial charge in [-0.1, -0.05) is 28.1 Å². The lowest BCUT2D eigenvalue weighted by molar-refractivity contribution is -0.384. The fraction of sp³-hybridized carbons (Fsp3) is 0.238. The summed E-state index contributed by atoms with van der Waals surface area (Å²) in [6.07, 6.45) is 1.44. The number of aromatic nitrogens is 1. The van der Waals surface area contributed by atoms with Crippen LogP contribution in [0.4, 0.5) is 20.6 Å². The van der Waals surface area contributed by atoms with Crippen LogP contribution in [0.2, 0.25) is 0 Å². The van der Waals surface area contributed by atoms with E-state index in [1.54, 1.807) is 29.2 Å². The molecule has 7 nitrogen and oxygen atoms in total. The van der Waals surface area contributed by atoms with E-state index < -0.39 is 10.7 Å². The van der Waals surface area contributed by atoms with Crippen LogP contribution in [0.5, 0.6) is 0 Å². The number of benzene rings is 2. The molecule has 3 aromatic rings. The molecule has 1 N–H and O–H groups in total. The topological polar surface area (TPSA) is 88.4 Å². The number of halogens is 2. The first-order valence-electron chi connectivity index (χ1n) is 9.62. The number of anilines is 1. The smallest absolute Gasteiger partial charge is 0.321 e. The molecular formula is C21H18BrFN4O3S. The number of piperidine rings is 1. The third-order valence-corrected chi connectivity index (χ3v) is 6.70. The standard InChI is InChI=1S/C21H18BrFN4O3S/c22-14-5-6-17(16(23)11-14)25-21(28)26-9-7-13(8-10-26)20-24-18(12-31-20)15-3-1-2-4-19(15)27(29)30/h1-6,11-13H,7-10H2,(H,25,28). The van der Waals surface area contributed by atoms with Crippen molar-refractivity contribution >= 4 is 44.7 Å². The predicted octanol–water partition coefficient (Wildman–Crippen LogP) is 6.03. The lowest BCUT2D eigenvalue weighted by Crippen LogP contribution is -2.40. The van der Waals surface area contributed by atoms with E-state index in [0.717, 1.165) is 17.8 Å². The predicted molar refractivity (Wildman–Crippen MR) is 121 cm³/mol. The molecule has 0 aliphatic carbocycles. The molecule has 0 saturated carbocycles. The van der Waals surface area contributed by atoms with Gasteiger partial charge in [-0.05, 0) is 37.1 Å². The molecule has 2 heterocycles. The second-order valence-corrected chi connectivity index (χ2v) is 8.97. The Morgan fingerprint density at radius 3 is 2.71 bits per heavy atom. The normalized spacial score (nSPS) is 14.5. The summed E-state index contributed by atoms with van der Waals surface area (Å²) in [5, 5.41) is 16.7. The third-order valence-electron chi connectivity index (χ3n) is 5.20. The van der Waals surface area contributed by atoms with E-state index in [1.165, 1.54) is 29.5 Å². The second-order valence-electron chi connectivity index (χ2n) is 7.16. The van der Waals surface area contributed by atoms with Crippen LogP contribution in [0.1, 0.15) is 23.8 Å². The molecule has 1 fully saturated rings. The number of nitrogens with one attached hydrogen (secondary N) is 1. The van der Waals surface area contributed by atoms with Crippen molar-refractivity contribution < 1.29 is 14.1 Å². The Hall–Kier alpha value is -2.85. The Balaban J connectivity index is 1.39. The molecule has 0 atom stereocenters. The van der Waals surface area contributed by atoms with Gasteiger partial charge < -0.3 is 10.2 Å². The highest BCUT2D eigenvalue weighted by Crippen LogP contribution is 2.35. The molecule has 2 amide bonds. The van der Waals surface area contributed by atoms with Crippen molar-refractivity contribution in [3.8, 4) is 11.3 Å². The lowest BCUT2D eigenvalue weighted by atomic mass is 9.97. The lowest BCUT2D eigenvalue weighted by Gasteiger charge is -2.31. The van der Waals surface area contributed by atoms with Crippen LogP contribution in [-0.4, -0.2) is 33.9 Å². The van der Waals surface area contributed by atoms with Crippen LogP contribution in [0, 0.1) is 15.9 Å². The molecule has 2 aromatic carbocycles. The molecule has 160 valence electrons. The number of nitro benzene ring substituents is 1. The molecule has 0 unspecified atom stereocenters. The Morgan fingerprint density at radius 2 is 2.00 bits per heavy atom. The number of urea groups is 1. The number of para-hydroxylation sites is 1. The van der Waals surface area contributed by atoms with Crippen molar-refractivity contribution in [1.29, 1.82) is 0 Å². The first-order chi connectivity index (χ1) is 14.9. The van der Waals surface area contributed by atoms with Crippen molar-refractivity contribution in [1.82, 2.24) is 9.88 Å². The number of likely N-dealkylation sites (tertiary alicyclic amines) is 1. The summed E-state index contributed by atoms with van der Waals surface area (Å²) in [5.41, 5.74) is 1.27. The van der Waals surface area contributed by atoms with Gasteiger partial charge in [0.05, 0.1) is 26.9 Å². The summed E-state index contributed by atoms with van der Waals surface area (Å²) in [5.74, 6) is -0.321. The van der Waals surface area contributed by atoms with Crippen molar-refractivity contribution in [2.24, 2.45) is 0 Å². The Morgan fingerprint density at radius 1 is 1.26 bits per heavy atom. The highest BCUT2D eigenvalue weighted by atomic mass is 79.9. The number of nitro groups is 1. The van der Waals surface area contributed by atoms with Crippen molar-refractivity contribution in [2.45, 2.75) is 18.8 Å². The van der Waals surface area contributed by atoms with E-state index in [9.17, 15) is 19.3 Å². The third kappa shape index (κ3) is 4.75. The summed E-state index contributed by atoms with van der Waals surface area (Å²) in [4.78, 5) is 29.7. The van der Waals surface area contributed by atoms with Gasteiger partial charge in [0.2, 0.25) is 0 Å². The van der Waals surface area contributed by atoms with Gasteiger partial charge in [0.25, 0.3) is 5.69 Å². The maximum absolute atomic E-state index is 14.0. The molecule has 0 radical (unpaired) electrons. The number of carbonyl (C=O) groups is 1. The van der Waals surface area contributed by atoms with Crippen molar-refractivity contribution in [2.75, 3.05) is 18.4 Å². The van der Waals surface area contributed by atoms with Gasteiger partial charge in [0.1, 0.15) is 5.82 Å². The van der Waals surface area contributed by atoms with Crippen LogP contribution < -0.4 is 5.32 Å². The zero-order valence-electron chi connectivity index (χ0n) is 16.3. The fourth-order valence-corrected chi connectivity index (χ4v) is 4.89. The van der Waals surface area contributed by atoms with Gasteiger partial charge in [0.15, 0.2) is 0 Å². The number of carbonyl (C=O) groups excluding carboxylic acids is 1. The Labute approximate surface area is 190 Å². The monoisotopic (exact) mass is 504 g/mol. The van der Waals surface area contributed by atoms with E-state index in [-0.39, 0.29) is 23.3 Å². The summed E-state index contributed by atoms with van der Waals surface area (Å²) in [6.45, 7) is 1.05. The number of rotatable bonds is 4. The van der Waals surface area contributed by atoms with E-state index in [1.807, 2.05) is 5.38 Å². The largest absolute Gasteiger partial charge is 0.324 e. The highest BCUT2D eigenvalue weighted by Gasteiger charge is 2.27. The van der Waals surface area contributed by atoms with E-state index in [4.69, 9.17) is 0 Å². The van der Waals surface area contributed by atoms with Gasteiger partial charge in [-0.2, -0.15) is 0 Å². The van der Waals surface area contributed by atoms with Crippen LogP contribution >= 0.6 is 27.3 Å². The number of nitrogens with zero attached hydrogens (tertiary/aromatic N) is 3. The molecular weight excluding hydrogens is 487 g/mol. The minimum absolute atomic E-state index is 0.0333. The maximum Gasteiger partial charge on any atom is 0.321 e. The van der Waals surface area contributed by atoms with Crippen LogP contribution in [0.15, 0.2) is 52.3 Å².